The van der Waals surface area contributed by atoms with Crippen molar-refractivity contribution in [3.8, 4) is 0 Å². The number of amides is 1. The molecule has 0 aromatic heterocycles. The van der Waals surface area contributed by atoms with Gasteiger partial charge < -0.3 is 5.32 Å². The van der Waals surface area contributed by atoms with E-state index >= 15 is 0 Å². The number of halogens is 6. The molecule has 2 bridgehead atoms. The van der Waals surface area contributed by atoms with Crippen molar-refractivity contribution in [1.82, 2.24) is 5.32 Å². The molecular weight excluding hydrogens is 550 g/mol. The summed E-state index contributed by atoms with van der Waals surface area (Å²) in [7, 11) is -7.95. The van der Waals surface area contributed by atoms with E-state index in [1.807, 2.05) is 4.72 Å². The van der Waals surface area contributed by atoms with E-state index < -0.39 is 70.8 Å². The van der Waals surface area contributed by atoms with E-state index in [0.717, 1.165) is 24.5 Å². The highest BCUT2D eigenvalue weighted by atomic mass is 32.2. The molecule has 3 aliphatic carbocycles. The number of rotatable bonds is 7. The third-order valence-corrected chi connectivity index (χ3v) is 8.75. The molecule has 0 spiro atoms. The van der Waals surface area contributed by atoms with Gasteiger partial charge in [-0.1, -0.05) is 12.1 Å². The molecule has 37 heavy (non-hydrogen) atoms. The van der Waals surface area contributed by atoms with E-state index in [4.69, 9.17) is 0 Å². The second-order valence-electron chi connectivity index (χ2n) is 9.62. The first-order valence-electron chi connectivity index (χ1n) is 10.6. The fourth-order valence-corrected chi connectivity index (χ4v) is 6.67. The van der Waals surface area contributed by atoms with Crippen molar-refractivity contribution in [1.29, 1.82) is 0 Å². The molecule has 3 aliphatic rings. The van der Waals surface area contributed by atoms with Crippen molar-refractivity contribution in [2.75, 3.05) is 11.0 Å². The highest BCUT2D eigenvalue weighted by Gasteiger charge is 2.79. The molecule has 0 atom stereocenters. The molecule has 5 rings (SSSR count). The second kappa shape index (κ2) is 8.35. The van der Waals surface area contributed by atoms with Gasteiger partial charge in [0.25, 0.3) is 15.9 Å². The Labute approximate surface area is 208 Å². The summed E-state index contributed by atoms with van der Waals surface area (Å²) in [5.74, 6) is -1.39. The van der Waals surface area contributed by atoms with Gasteiger partial charge in [-0.25, -0.2) is 16.8 Å². The summed E-state index contributed by atoms with van der Waals surface area (Å²) in [6.07, 6.45) is -9.43. The topological polar surface area (TPSA) is 109 Å². The normalized spacial score (nSPS) is 23.5. The van der Waals surface area contributed by atoms with Crippen molar-refractivity contribution in [3.63, 3.8) is 0 Å². The average molecular weight is 571 g/mol. The lowest BCUT2D eigenvalue weighted by molar-refractivity contribution is -0.336. The summed E-state index contributed by atoms with van der Waals surface area (Å²) in [6, 6.07) is 6.26. The molecule has 1 amide bonds. The van der Waals surface area contributed by atoms with Crippen molar-refractivity contribution >= 4 is 31.5 Å². The van der Waals surface area contributed by atoms with Gasteiger partial charge in [0.2, 0.25) is 0 Å². The number of carbonyl (C=O) groups is 1. The maximum Gasteiger partial charge on any atom is 0.416 e. The van der Waals surface area contributed by atoms with Crippen LogP contribution >= 0.6 is 0 Å². The maximum atomic E-state index is 13.3. The smallest absolute Gasteiger partial charge is 0.346 e. The number of carbonyl (C=O) groups excluding carboxylic acids is 1. The molecule has 202 valence electrons. The number of alkyl halides is 6. The van der Waals surface area contributed by atoms with Gasteiger partial charge in [0.15, 0.2) is 9.84 Å². The van der Waals surface area contributed by atoms with Gasteiger partial charge in [-0.05, 0) is 55.2 Å². The fourth-order valence-electron chi connectivity index (χ4n) is 4.80. The van der Waals surface area contributed by atoms with Gasteiger partial charge in [0.1, 0.15) is 0 Å². The first-order valence-corrected chi connectivity index (χ1v) is 14.2. The zero-order chi connectivity index (χ0) is 27.7. The Kier molecular flexibility index (Phi) is 6.14. The van der Waals surface area contributed by atoms with Crippen LogP contribution in [0.3, 0.4) is 0 Å². The van der Waals surface area contributed by atoms with Crippen molar-refractivity contribution in [3.05, 3.63) is 59.2 Å². The lowest BCUT2D eigenvalue weighted by Crippen LogP contribution is -2.78. The van der Waals surface area contributed by atoms with Gasteiger partial charge in [-0.3, -0.25) is 9.52 Å². The molecule has 3 fully saturated rings. The Morgan fingerprint density at radius 3 is 1.97 bits per heavy atom. The quantitative estimate of drug-likeness (QED) is 0.484. The monoisotopic (exact) mass is 570 g/mol. The lowest BCUT2D eigenvalue weighted by Gasteiger charge is -2.70. The Morgan fingerprint density at radius 1 is 0.919 bits per heavy atom. The fraction of sp³-hybridized carbons (Fsp3) is 0.409. The van der Waals surface area contributed by atoms with E-state index in [-0.39, 0.29) is 30.6 Å². The van der Waals surface area contributed by atoms with Gasteiger partial charge in [0.05, 0.1) is 32.9 Å². The van der Waals surface area contributed by atoms with Crippen LogP contribution in [0, 0.1) is 5.41 Å². The molecule has 0 unspecified atom stereocenters. The van der Waals surface area contributed by atoms with Crippen LogP contribution in [0.15, 0.2) is 47.4 Å². The molecule has 0 aliphatic heterocycles. The summed E-state index contributed by atoms with van der Waals surface area (Å²) in [4.78, 5) is 12.4. The number of sulfonamides is 1. The number of hydrogen-bond acceptors (Lipinski definition) is 5. The van der Waals surface area contributed by atoms with Gasteiger partial charge in [-0.2, -0.15) is 26.3 Å². The van der Waals surface area contributed by atoms with Crippen molar-refractivity contribution in [2.45, 2.75) is 47.8 Å². The molecule has 7 nitrogen and oxygen atoms in total. The molecule has 2 N–H and O–H groups in total. The van der Waals surface area contributed by atoms with E-state index in [9.17, 15) is 48.0 Å². The highest BCUT2D eigenvalue weighted by Crippen LogP contribution is 2.73. The predicted octanol–water partition coefficient (Wildman–Crippen LogP) is 4.27. The van der Waals surface area contributed by atoms with Crippen molar-refractivity contribution < 1.29 is 48.0 Å². The number of nitrogens with one attached hydrogen (secondary N) is 2. The van der Waals surface area contributed by atoms with Crippen LogP contribution in [0.4, 0.5) is 32.0 Å². The van der Waals surface area contributed by atoms with E-state index in [0.29, 0.717) is 12.1 Å². The SMILES string of the molecule is CS(=O)(=O)Cc1ccc(S(=O)(=O)Nc2cc(C(F)(F)F)ccc2C(=O)NC23CC(C(F)(F)F)(C2)C3)cc1. The lowest BCUT2D eigenvalue weighted by atomic mass is 9.39. The van der Waals surface area contributed by atoms with Crippen LogP contribution in [0.1, 0.15) is 40.7 Å². The summed E-state index contributed by atoms with van der Waals surface area (Å²) < 4.78 is 130. The van der Waals surface area contributed by atoms with Crippen LogP contribution in [0.25, 0.3) is 0 Å². The highest BCUT2D eigenvalue weighted by molar-refractivity contribution is 7.92. The average Bonchev–Trinajstić information content (AvgIpc) is 2.66. The second-order valence-corrected chi connectivity index (χ2v) is 13.4. The zero-order valence-electron chi connectivity index (χ0n) is 19.0. The van der Waals surface area contributed by atoms with Crippen LogP contribution in [-0.4, -0.2) is 40.7 Å². The van der Waals surface area contributed by atoms with E-state index in [1.165, 1.54) is 12.1 Å². The molecule has 2 aromatic rings. The molecule has 15 heteroatoms. The molecule has 0 heterocycles. The zero-order valence-corrected chi connectivity index (χ0v) is 20.6. The van der Waals surface area contributed by atoms with Gasteiger partial charge >= 0.3 is 12.4 Å². The summed E-state index contributed by atoms with van der Waals surface area (Å²) in [5.41, 5.74) is -5.24. The minimum atomic E-state index is -4.88. The first-order chi connectivity index (χ1) is 16.7. The standard InChI is InChI=1S/C22H20F6N2O5S2/c1-36(32,33)9-13-2-5-15(6-3-13)37(34,35)30-17-8-14(21(23,24)25)4-7-16(17)18(31)29-20-10-19(11-20,12-20)22(26,27)28/h2-8,30H,9-12H2,1H3,(H,29,31). The van der Waals surface area contributed by atoms with E-state index in [1.54, 1.807) is 0 Å². The van der Waals surface area contributed by atoms with Crippen LogP contribution in [-0.2, 0) is 31.8 Å². The van der Waals surface area contributed by atoms with Crippen LogP contribution < -0.4 is 10.0 Å². The Hall–Kier alpha value is -2.81. The Balaban J connectivity index is 1.60. The van der Waals surface area contributed by atoms with Gasteiger partial charge in [0, 0.05) is 11.8 Å². The van der Waals surface area contributed by atoms with Crippen LogP contribution in [0.5, 0.6) is 0 Å². The predicted molar refractivity (Wildman–Crippen MR) is 120 cm³/mol. The molecular formula is C22H20F6N2O5S2. The first kappa shape index (κ1) is 27.2. The Morgan fingerprint density at radius 2 is 1.49 bits per heavy atom. The summed E-state index contributed by atoms with van der Waals surface area (Å²) in [5, 5.41) is 2.41. The number of anilines is 1. The summed E-state index contributed by atoms with van der Waals surface area (Å²) in [6.45, 7) is 0. The van der Waals surface area contributed by atoms with Gasteiger partial charge in [-0.15, -0.1) is 0 Å². The molecule has 0 saturated heterocycles. The third kappa shape index (κ3) is 5.28. The van der Waals surface area contributed by atoms with Crippen molar-refractivity contribution in [2.24, 2.45) is 5.41 Å². The number of benzene rings is 2. The Bertz CT molecular complexity index is 1450. The number of hydrogen-bond donors (Lipinski definition) is 2. The molecule has 0 radical (unpaired) electrons. The maximum absolute atomic E-state index is 13.3. The molecule has 2 aromatic carbocycles. The number of sulfone groups is 1. The minimum Gasteiger partial charge on any atom is -0.346 e. The summed E-state index contributed by atoms with van der Waals surface area (Å²) >= 11 is 0. The molecule has 3 saturated carbocycles. The minimum absolute atomic E-state index is 0.274. The van der Waals surface area contributed by atoms with Crippen LogP contribution in [0.2, 0.25) is 0 Å². The van der Waals surface area contributed by atoms with E-state index in [2.05, 4.69) is 5.32 Å². The largest absolute Gasteiger partial charge is 0.416 e. The third-order valence-electron chi connectivity index (χ3n) is 6.51.